The van der Waals surface area contributed by atoms with Crippen LogP contribution in [0.4, 0.5) is 10.5 Å². The van der Waals surface area contributed by atoms with Gasteiger partial charge in [0.1, 0.15) is 0 Å². The number of nitrogens with one attached hydrogen (secondary N) is 2. The molecule has 0 saturated heterocycles. The second-order valence-corrected chi connectivity index (χ2v) is 5.52. The van der Waals surface area contributed by atoms with E-state index in [9.17, 15) is 4.79 Å². The minimum atomic E-state index is -0.125. The fourth-order valence-corrected chi connectivity index (χ4v) is 1.87. The number of benzene rings is 1. The largest absolute Gasteiger partial charge is 0.335 e. The number of amides is 2. The summed E-state index contributed by atoms with van der Waals surface area (Å²) in [6.45, 7) is 8.55. The SMILES string of the molecule is CCc1ccc(NC(=O)NC(C)CCC(C)C)cc1. The monoisotopic (exact) mass is 262 g/mol. The molecule has 1 unspecified atom stereocenters. The van der Waals surface area contributed by atoms with Gasteiger partial charge in [-0.25, -0.2) is 4.79 Å². The van der Waals surface area contributed by atoms with Crippen molar-refractivity contribution in [3.63, 3.8) is 0 Å². The Bertz CT molecular complexity index is 384. The molecule has 3 heteroatoms. The van der Waals surface area contributed by atoms with Gasteiger partial charge in [-0.1, -0.05) is 32.9 Å². The predicted molar refractivity (Wildman–Crippen MR) is 81.5 cm³/mol. The van der Waals surface area contributed by atoms with Gasteiger partial charge in [0.2, 0.25) is 0 Å². The fraction of sp³-hybridized carbons (Fsp3) is 0.562. The van der Waals surface area contributed by atoms with Crippen molar-refractivity contribution in [2.45, 2.75) is 53.0 Å². The lowest BCUT2D eigenvalue weighted by molar-refractivity contribution is 0.248. The van der Waals surface area contributed by atoms with Gasteiger partial charge >= 0.3 is 6.03 Å². The summed E-state index contributed by atoms with van der Waals surface area (Å²) in [7, 11) is 0. The van der Waals surface area contributed by atoms with Crippen molar-refractivity contribution in [3.05, 3.63) is 29.8 Å². The Morgan fingerprint density at radius 3 is 2.26 bits per heavy atom. The van der Waals surface area contributed by atoms with Crippen LogP contribution >= 0.6 is 0 Å². The minimum Gasteiger partial charge on any atom is -0.335 e. The molecule has 0 aliphatic rings. The number of urea groups is 1. The average molecular weight is 262 g/mol. The first-order valence-corrected chi connectivity index (χ1v) is 7.17. The first kappa shape index (κ1) is 15.5. The van der Waals surface area contributed by atoms with Crippen molar-refractivity contribution in [1.82, 2.24) is 5.32 Å². The molecule has 0 aliphatic carbocycles. The summed E-state index contributed by atoms with van der Waals surface area (Å²) in [6, 6.07) is 8.04. The third kappa shape index (κ3) is 6.27. The zero-order chi connectivity index (χ0) is 14.3. The smallest absolute Gasteiger partial charge is 0.319 e. The van der Waals surface area contributed by atoms with E-state index in [2.05, 4.69) is 31.4 Å². The third-order valence-corrected chi connectivity index (χ3v) is 3.17. The number of carbonyl (C=O) groups is 1. The maximum atomic E-state index is 11.8. The van der Waals surface area contributed by atoms with E-state index in [4.69, 9.17) is 0 Å². The molecular weight excluding hydrogens is 236 g/mol. The topological polar surface area (TPSA) is 41.1 Å². The molecule has 0 bridgehead atoms. The van der Waals surface area contributed by atoms with Gasteiger partial charge in [-0.2, -0.15) is 0 Å². The quantitative estimate of drug-likeness (QED) is 0.792. The molecule has 3 nitrogen and oxygen atoms in total. The lowest BCUT2D eigenvalue weighted by Gasteiger charge is -2.15. The molecule has 0 aliphatic heterocycles. The lowest BCUT2D eigenvalue weighted by Crippen LogP contribution is -2.36. The zero-order valence-electron chi connectivity index (χ0n) is 12.5. The second-order valence-electron chi connectivity index (χ2n) is 5.52. The van der Waals surface area contributed by atoms with Gasteiger partial charge in [0.15, 0.2) is 0 Å². The van der Waals surface area contributed by atoms with Crippen LogP contribution in [0, 0.1) is 5.92 Å². The molecule has 1 atom stereocenters. The molecule has 0 fully saturated rings. The molecule has 0 aromatic heterocycles. The summed E-state index contributed by atoms with van der Waals surface area (Å²) < 4.78 is 0. The van der Waals surface area contributed by atoms with E-state index >= 15 is 0 Å². The van der Waals surface area contributed by atoms with Gasteiger partial charge in [0, 0.05) is 11.7 Å². The Morgan fingerprint density at radius 2 is 1.74 bits per heavy atom. The highest BCUT2D eigenvalue weighted by atomic mass is 16.2. The first-order chi connectivity index (χ1) is 9.01. The number of hydrogen-bond donors (Lipinski definition) is 2. The molecule has 0 spiro atoms. The number of aryl methyl sites for hydroxylation is 1. The Labute approximate surface area is 116 Å². The van der Waals surface area contributed by atoms with E-state index in [0.29, 0.717) is 5.92 Å². The molecule has 106 valence electrons. The molecule has 0 saturated carbocycles. The second kappa shape index (κ2) is 7.82. The Kier molecular flexibility index (Phi) is 6.40. The van der Waals surface area contributed by atoms with Crippen molar-refractivity contribution in [3.8, 4) is 0 Å². The van der Waals surface area contributed by atoms with E-state index in [0.717, 1.165) is 24.9 Å². The first-order valence-electron chi connectivity index (χ1n) is 7.17. The van der Waals surface area contributed by atoms with Crippen LogP contribution in [0.3, 0.4) is 0 Å². The average Bonchev–Trinajstić information content (AvgIpc) is 2.37. The minimum absolute atomic E-state index is 0.125. The number of hydrogen-bond acceptors (Lipinski definition) is 1. The Morgan fingerprint density at radius 1 is 1.11 bits per heavy atom. The molecule has 2 amide bonds. The van der Waals surface area contributed by atoms with Crippen LogP contribution in [0.1, 0.15) is 46.1 Å². The van der Waals surface area contributed by atoms with Crippen LogP contribution in [0.25, 0.3) is 0 Å². The van der Waals surface area contributed by atoms with E-state index in [-0.39, 0.29) is 12.1 Å². The van der Waals surface area contributed by atoms with Crippen LogP contribution in [0.2, 0.25) is 0 Å². The molecule has 0 heterocycles. The van der Waals surface area contributed by atoms with Crippen molar-refractivity contribution in [1.29, 1.82) is 0 Å². The molecule has 1 aromatic carbocycles. The van der Waals surface area contributed by atoms with Crippen molar-refractivity contribution in [2.75, 3.05) is 5.32 Å². The van der Waals surface area contributed by atoms with Crippen LogP contribution in [-0.2, 0) is 6.42 Å². The van der Waals surface area contributed by atoms with Crippen molar-refractivity contribution in [2.24, 2.45) is 5.92 Å². The maximum absolute atomic E-state index is 11.8. The van der Waals surface area contributed by atoms with Gasteiger partial charge < -0.3 is 10.6 Å². The van der Waals surface area contributed by atoms with E-state index in [1.807, 2.05) is 31.2 Å². The van der Waals surface area contributed by atoms with Crippen molar-refractivity contribution >= 4 is 11.7 Å². The zero-order valence-corrected chi connectivity index (χ0v) is 12.5. The van der Waals surface area contributed by atoms with Crippen LogP contribution < -0.4 is 10.6 Å². The summed E-state index contributed by atoms with van der Waals surface area (Å²) in [5.74, 6) is 0.675. The van der Waals surface area contributed by atoms with Gasteiger partial charge in [-0.3, -0.25) is 0 Å². The fourth-order valence-electron chi connectivity index (χ4n) is 1.87. The number of anilines is 1. The van der Waals surface area contributed by atoms with Crippen LogP contribution in [0.15, 0.2) is 24.3 Å². The summed E-state index contributed by atoms with van der Waals surface area (Å²) in [6.07, 6.45) is 3.16. The highest BCUT2D eigenvalue weighted by Gasteiger charge is 2.08. The molecule has 19 heavy (non-hydrogen) atoms. The number of carbonyl (C=O) groups excluding carboxylic acids is 1. The summed E-state index contributed by atoms with van der Waals surface area (Å²) in [5.41, 5.74) is 2.11. The van der Waals surface area contributed by atoms with Gasteiger partial charge in [-0.05, 0) is 49.8 Å². The van der Waals surface area contributed by atoms with Gasteiger partial charge in [-0.15, -0.1) is 0 Å². The highest BCUT2D eigenvalue weighted by molar-refractivity contribution is 5.89. The predicted octanol–water partition coefficient (Wildman–Crippen LogP) is 4.20. The summed E-state index contributed by atoms with van der Waals surface area (Å²) in [5, 5.41) is 5.82. The molecule has 0 radical (unpaired) electrons. The molecule has 2 N–H and O–H groups in total. The van der Waals surface area contributed by atoms with E-state index in [1.165, 1.54) is 5.56 Å². The Hall–Kier alpha value is -1.51. The van der Waals surface area contributed by atoms with Crippen molar-refractivity contribution < 1.29 is 4.79 Å². The van der Waals surface area contributed by atoms with Gasteiger partial charge in [0.05, 0.1) is 0 Å². The lowest BCUT2D eigenvalue weighted by atomic mass is 10.0. The highest BCUT2D eigenvalue weighted by Crippen LogP contribution is 2.10. The normalized spacial score (nSPS) is 12.3. The van der Waals surface area contributed by atoms with E-state index in [1.54, 1.807) is 0 Å². The Balaban J connectivity index is 2.37. The maximum Gasteiger partial charge on any atom is 0.319 e. The molecule has 1 aromatic rings. The van der Waals surface area contributed by atoms with E-state index < -0.39 is 0 Å². The standard InChI is InChI=1S/C16H26N2O/c1-5-14-8-10-15(11-9-14)18-16(19)17-13(4)7-6-12(2)3/h8-13H,5-7H2,1-4H3,(H2,17,18,19). The third-order valence-electron chi connectivity index (χ3n) is 3.17. The van der Waals surface area contributed by atoms with Crippen LogP contribution in [-0.4, -0.2) is 12.1 Å². The van der Waals surface area contributed by atoms with Crippen LogP contribution in [0.5, 0.6) is 0 Å². The number of rotatable bonds is 6. The molecule has 1 rings (SSSR count). The summed E-state index contributed by atoms with van der Waals surface area (Å²) >= 11 is 0. The van der Waals surface area contributed by atoms with Gasteiger partial charge in [0.25, 0.3) is 0 Å². The summed E-state index contributed by atoms with van der Waals surface area (Å²) in [4.78, 5) is 11.8. The molecular formula is C16H26N2O.